The van der Waals surface area contributed by atoms with Crippen molar-refractivity contribution in [2.24, 2.45) is 0 Å². The number of rotatable bonds is 6. The van der Waals surface area contributed by atoms with Crippen molar-refractivity contribution in [1.82, 2.24) is 4.98 Å². The highest BCUT2D eigenvalue weighted by Gasteiger charge is 2.17. The maximum absolute atomic E-state index is 11.5. The van der Waals surface area contributed by atoms with Crippen LogP contribution in [0.4, 0.5) is 5.13 Å². The molecule has 1 N–H and O–H groups in total. The minimum absolute atomic E-state index is 0.186. The van der Waals surface area contributed by atoms with Gasteiger partial charge in [0.1, 0.15) is 0 Å². The van der Waals surface area contributed by atoms with E-state index in [4.69, 9.17) is 11.6 Å². The van der Waals surface area contributed by atoms with Crippen molar-refractivity contribution in [3.8, 4) is 0 Å². The number of hydrogen-bond acceptors (Lipinski definition) is 5. The van der Waals surface area contributed by atoms with Crippen molar-refractivity contribution in [2.75, 3.05) is 19.0 Å². The zero-order chi connectivity index (χ0) is 15.2. The van der Waals surface area contributed by atoms with E-state index in [-0.39, 0.29) is 5.15 Å². The van der Waals surface area contributed by atoms with E-state index >= 15 is 0 Å². The third kappa shape index (κ3) is 4.19. The van der Waals surface area contributed by atoms with Gasteiger partial charge in [-0.05, 0) is 17.9 Å². The fraction of sp³-hybridized carbons (Fsp3) is 0.333. The first-order chi connectivity index (χ1) is 10.1. The second-order valence-electron chi connectivity index (χ2n) is 4.66. The number of nitrogens with one attached hydrogen (secondary N) is 1. The Bertz CT molecular complexity index is 601. The number of carbonyl (C=O) groups is 1. The molecule has 112 valence electrons. The predicted octanol–water partition coefficient (Wildman–Crippen LogP) is 4.19. The van der Waals surface area contributed by atoms with E-state index in [9.17, 15) is 4.79 Å². The monoisotopic (exact) mass is 324 g/mol. The van der Waals surface area contributed by atoms with Crippen molar-refractivity contribution in [2.45, 2.75) is 19.3 Å². The molecule has 0 amide bonds. The fourth-order valence-electron chi connectivity index (χ4n) is 1.94. The number of carbonyl (C=O) groups excluding carboxylic acids is 1. The topological polar surface area (TPSA) is 51.2 Å². The molecule has 0 saturated carbocycles. The molecule has 0 saturated heterocycles. The maximum atomic E-state index is 11.5. The summed E-state index contributed by atoms with van der Waals surface area (Å²) in [5.74, 6) is -0.00239. The van der Waals surface area contributed by atoms with Gasteiger partial charge in [0.15, 0.2) is 15.2 Å². The lowest BCUT2D eigenvalue weighted by atomic mass is 9.98. The molecule has 4 nitrogen and oxygen atoms in total. The number of aromatic nitrogens is 1. The van der Waals surface area contributed by atoms with Crippen LogP contribution < -0.4 is 5.32 Å². The molecule has 2 rings (SSSR count). The Labute approximate surface area is 133 Å². The molecule has 21 heavy (non-hydrogen) atoms. The highest BCUT2D eigenvalue weighted by atomic mass is 35.5. The van der Waals surface area contributed by atoms with E-state index in [0.29, 0.717) is 15.9 Å². The zero-order valence-electron chi connectivity index (χ0n) is 11.9. The SMILES string of the molecule is COC(=O)c1sc(NCCC(C)c2ccccc2)nc1Cl. The molecule has 0 radical (unpaired) electrons. The molecule has 1 aromatic heterocycles. The summed E-state index contributed by atoms with van der Waals surface area (Å²) in [7, 11) is 1.33. The number of benzene rings is 1. The lowest BCUT2D eigenvalue weighted by molar-refractivity contribution is 0.0606. The van der Waals surface area contributed by atoms with Crippen LogP contribution >= 0.6 is 22.9 Å². The standard InChI is InChI=1S/C15H17ClN2O2S/c1-10(11-6-4-3-5-7-11)8-9-17-15-18-13(16)12(21-15)14(19)20-2/h3-7,10H,8-9H2,1-2H3,(H,17,18). The summed E-state index contributed by atoms with van der Waals surface area (Å²) in [6.45, 7) is 2.95. The fourth-order valence-corrected chi connectivity index (χ4v) is 3.07. The van der Waals surface area contributed by atoms with Crippen molar-refractivity contribution < 1.29 is 9.53 Å². The van der Waals surface area contributed by atoms with Gasteiger partial charge in [0.25, 0.3) is 0 Å². The van der Waals surface area contributed by atoms with Gasteiger partial charge in [0.2, 0.25) is 0 Å². The van der Waals surface area contributed by atoms with E-state index < -0.39 is 5.97 Å². The average molecular weight is 325 g/mol. The lowest BCUT2D eigenvalue weighted by Gasteiger charge is -2.11. The average Bonchev–Trinajstić information content (AvgIpc) is 2.88. The Morgan fingerprint density at radius 2 is 2.14 bits per heavy atom. The number of nitrogens with zero attached hydrogens (tertiary/aromatic N) is 1. The molecular weight excluding hydrogens is 308 g/mol. The van der Waals surface area contributed by atoms with Crippen LogP contribution in [-0.4, -0.2) is 24.6 Å². The molecule has 0 spiro atoms. The Morgan fingerprint density at radius 1 is 1.43 bits per heavy atom. The molecule has 0 bridgehead atoms. The summed E-state index contributed by atoms with van der Waals surface area (Å²) in [5, 5.41) is 4.03. The first kappa shape index (κ1) is 15.8. The van der Waals surface area contributed by atoms with Crippen molar-refractivity contribution in [3.63, 3.8) is 0 Å². The molecule has 2 aromatic rings. The Balaban J connectivity index is 1.88. The summed E-state index contributed by atoms with van der Waals surface area (Å²) in [4.78, 5) is 15.9. The molecule has 0 aliphatic carbocycles. The number of ether oxygens (including phenoxy) is 1. The summed E-state index contributed by atoms with van der Waals surface area (Å²) in [5.41, 5.74) is 1.31. The van der Waals surface area contributed by atoms with Crippen molar-refractivity contribution in [3.05, 3.63) is 45.9 Å². The van der Waals surface area contributed by atoms with Crippen molar-refractivity contribution >= 4 is 34.0 Å². The summed E-state index contributed by atoms with van der Waals surface area (Å²) in [6.07, 6.45) is 0.967. The van der Waals surface area contributed by atoms with E-state index in [1.54, 1.807) is 0 Å². The van der Waals surface area contributed by atoms with Gasteiger partial charge in [-0.2, -0.15) is 0 Å². The number of methoxy groups -OCH3 is 1. The minimum Gasteiger partial charge on any atom is -0.465 e. The number of anilines is 1. The van der Waals surface area contributed by atoms with Gasteiger partial charge in [-0.25, -0.2) is 9.78 Å². The van der Waals surface area contributed by atoms with Crippen LogP contribution in [0, 0.1) is 0 Å². The predicted molar refractivity (Wildman–Crippen MR) is 86.4 cm³/mol. The molecule has 6 heteroatoms. The zero-order valence-corrected chi connectivity index (χ0v) is 13.5. The van der Waals surface area contributed by atoms with E-state index in [1.807, 2.05) is 18.2 Å². The van der Waals surface area contributed by atoms with Crippen LogP contribution in [-0.2, 0) is 4.74 Å². The minimum atomic E-state index is -0.455. The van der Waals surface area contributed by atoms with E-state index in [0.717, 1.165) is 13.0 Å². The highest BCUT2D eigenvalue weighted by Crippen LogP contribution is 2.28. The Hall–Kier alpha value is -1.59. The number of halogens is 1. The van der Waals surface area contributed by atoms with Gasteiger partial charge in [0, 0.05) is 6.54 Å². The van der Waals surface area contributed by atoms with Gasteiger partial charge in [-0.1, -0.05) is 60.2 Å². The van der Waals surface area contributed by atoms with Gasteiger partial charge < -0.3 is 10.1 Å². The largest absolute Gasteiger partial charge is 0.465 e. The third-order valence-corrected chi connectivity index (χ3v) is 4.56. The van der Waals surface area contributed by atoms with E-state index in [2.05, 4.69) is 34.1 Å². The number of hydrogen-bond donors (Lipinski definition) is 1. The van der Waals surface area contributed by atoms with Crippen LogP contribution in [0.2, 0.25) is 5.15 Å². The van der Waals surface area contributed by atoms with Gasteiger partial charge >= 0.3 is 5.97 Å². The second kappa shape index (κ2) is 7.43. The van der Waals surface area contributed by atoms with E-state index in [1.165, 1.54) is 24.0 Å². The van der Waals surface area contributed by atoms with Crippen LogP contribution in [0.15, 0.2) is 30.3 Å². The normalized spacial score (nSPS) is 12.0. The first-order valence-electron chi connectivity index (χ1n) is 6.65. The smallest absolute Gasteiger partial charge is 0.351 e. The van der Waals surface area contributed by atoms with Gasteiger partial charge in [0.05, 0.1) is 7.11 Å². The molecule has 1 aromatic carbocycles. The summed E-state index contributed by atoms with van der Waals surface area (Å²) >= 11 is 7.13. The third-order valence-electron chi connectivity index (χ3n) is 3.18. The highest BCUT2D eigenvalue weighted by molar-refractivity contribution is 7.18. The summed E-state index contributed by atoms with van der Waals surface area (Å²) in [6, 6.07) is 10.4. The lowest BCUT2D eigenvalue weighted by Crippen LogP contribution is -2.05. The summed E-state index contributed by atoms with van der Waals surface area (Å²) < 4.78 is 4.65. The van der Waals surface area contributed by atoms with Gasteiger partial charge in [-0.3, -0.25) is 0 Å². The molecule has 1 heterocycles. The quantitative estimate of drug-likeness (QED) is 0.809. The number of thiazole rings is 1. The van der Waals surface area contributed by atoms with Gasteiger partial charge in [-0.15, -0.1) is 0 Å². The molecule has 1 atom stereocenters. The van der Waals surface area contributed by atoms with Crippen molar-refractivity contribution in [1.29, 1.82) is 0 Å². The Kier molecular flexibility index (Phi) is 5.59. The molecule has 0 aliphatic rings. The Morgan fingerprint density at radius 3 is 2.81 bits per heavy atom. The molecule has 0 aliphatic heterocycles. The maximum Gasteiger partial charge on any atom is 0.351 e. The van der Waals surface area contributed by atoms with Crippen LogP contribution in [0.3, 0.4) is 0 Å². The first-order valence-corrected chi connectivity index (χ1v) is 7.84. The van der Waals surface area contributed by atoms with Crippen LogP contribution in [0.1, 0.15) is 34.5 Å². The van der Waals surface area contributed by atoms with Crippen LogP contribution in [0.25, 0.3) is 0 Å². The molecule has 1 unspecified atom stereocenters. The second-order valence-corrected chi connectivity index (χ2v) is 6.01. The number of esters is 1. The van der Waals surface area contributed by atoms with Crippen LogP contribution in [0.5, 0.6) is 0 Å². The molecule has 0 fully saturated rings. The molecular formula is C15H17ClN2O2S.